The summed E-state index contributed by atoms with van der Waals surface area (Å²) in [6.45, 7) is 7.07. The number of aliphatic carboxylic acids is 1. The second kappa shape index (κ2) is 3.92. The van der Waals surface area contributed by atoms with Crippen LogP contribution in [-0.2, 0) is 4.79 Å². The SMILES string of the molecule is Cc1[nH]c(=O)n(C(C(=O)O)C(C)C)c1C. The Kier molecular flexibility index (Phi) is 3.02. The summed E-state index contributed by atoms with van der Waals surface area (Å²) < 4.78 is 1.31. The van der Waals surface area contributed by atoms with Crippen LogP contribution in [0.5, 0.6) is 0 Å². The maximum Gasteiger partial charge on any atom is 0.327 e. The van der Waals surface area contributed by atoms with E-state index in [1.165, 1.54) is 4.57 Å². The lowest BCUT2D eigenvalue weighted by atomic mass is 10.0. The second-order valence-corrected chi connectivity index (χ2v) is 4.04. The molecule has 0 radical (unpaired) electrons. The van der Waals surface area contributed by atoms with E-state index in [-0.39, 0.29) is 11.6 Å². The molecule has 0 aliphatic heterocycles. The highest BCUT2D eigenvalue weighted by Crippen LogP contribution is 2.18. The number of H-pyrrole nitrogens is 1. The van der Waals surface area contributed by atoms with Gasteiger partial charge in [-0.25, -0.2) is 9.59 Å². The van der Waals surface area contributed by atoms with Gasteiger partial charge in [0.1, 0.15) is 6.04 Å². The molecule has 1 aromatic rings. The monoisotopic (exact) mass is 212 g/mol. The minimum absolute atomic E-state index is 0.130. The first-order chi connectivity index (χ1) is 6.86. The van der Waals surface area contributed by atoms with Crippen LogP contribution in [0.4, 0.5) is 0 Å². The summed E-state index contributed by atoms with van der Waals surface area (Å²) in [5.41, 5.74) is 1.04. The van der Waals surface area contributed by atoms with Crippen molar-refractivity contribution in [1.29, 1.82) is 0 Å². The molecule has 0 bridgehead atoms. The van der Waals surface area contributed by atoms with Crippen molar-refractivity contribution in [3.05, 3.63) is 21.9 Å². The molecule has 1 atom stereocenters. The summed E-state index contributed by atoms with van der Waals surface area (Å²) in [6, 6.07) is -0.803. The van der Waals surface area contributed by atoms with Gasteiger partial charge in [-0.15, -0.1) is 0 Å². The van der Waals surface area contributed by atoms with E-state index in [9.17, 15) is 9.59 Å². The number of carboxylic acids is 1. The van der Waals surface area contributed by atoms with Crippen molar-refractivity contribution in [3.63, 3.8) is 0 Å². The van der Waals surface area contributed by atoms with E-state index >= 15 is 0 Å². The third kappa shape index (κ3) is 1.95. The number of nitrogens with zero attached hydrogens (tertiary/aromatic N) is 1. The zero-order valence-corrected chi connectivity index (χ0v) is 9.37. The van der Waals surface area contributed by atoms with Gasteiger partial charge in [0.15, 0.2) is 0 Å². The van der Waals surface area contributed by atoms with Crippen LogP contribution in [0.2, 0.25) is 0 Å². The molecule has 1 heterocycles. The number of carbonyl (C=O) groups is 1. The Labute approximate surface area is 87.7 Å². The van der Waals surface area contributed by atoms with E-state index in [1.807, 2.05) is 0 Å². The predicted octanol–water partition coefficient (Wildman–Crippen LogP) is 1.07. The molecule has 1 rings (SSSR count). The standard InChI is InChI=1S/C10H16N2O3/c1-5(2)8(9(13)14)12-7(4)6(3)11-10(12)15/h5,8H,1-4H3,(H,11,15)(H,13,14). The molecule has 2 N–H and O–H groups in total. The van der Waals surface area contributed by atoms with Gasteiger partial charge in [0.2, 0.25) is 0 Å². The number of rotatable bonds is 3. The van der Waals surface area contributed by atoms with E-state index in [0.29, 0.717) is 11.4 Å². The molecule has 84 valence electrons. The number of hydrogen-bond donors (Lipinski definition) is 2. The average molecular weight is 212 g/mol. The average Bonchev–Trinajstić information content (AvgIpc) is 2.31. The van der Waals surface area contributed by atoms with Crippen LogP contribution < -0.4 is 5.69 Å². The quantitative estimate of drug-likeness (QED) is 0.787. The lowest BCUT2D eigenvalue weighted by molar-refractivity contribution is -0.142. The second-order valence-electron chi connectivity index (χ2n) is 4.04. The fraction of sp³-hybridized carbons (Fsp3) is 0.600. The zero-order valence-electron chi connectivity index (χ0n) is 9.37. The highest BCUT2D eigenvalue weighted by Gasteiger charge is 2.27. The third-order valence-corrected chi connectivity index (χ3v) is 2.58. The number of aromatic nitrogens is 2. The van der Waals surface area contributed by atoms with Crippen molar-refractivity contribution in [2.24, 2.45) is 5.92 Å². The van der Waals surface area contributed by atoms with Gasteiger partial charge in [0, 0.05) is 11.4 Å². The molecule has 1 unspecified atom stereocenters. The lowest BCUT2D eigenvalue weighted by Gasteiger charge is -2.18. The zero-order chi connectivity index (χ0) is 11.7. The van der Waals surface area contributed by atoms with Crippen molar-refractivity contribution in [3.8, 4) is 0 Å². The number of carboxylic acid groups (broad SMARTS) is 1. The number of aromatic amines is 1. The van der Waals surface area contributed by atoms with Crippen molar-refractivity contribution in [2.75, 3.05) is 0 Å². The van der Waals surface area contributed by atoms with Crippen LogP contribution in [0.3, 0.4) is 0 Å². The maximum atomic E-state index is 11.6. The van der Waals surface area contributed by atoms with Gasteiger partial charge in [-0.3, -0.25) is 4.57 Å². The molecular formula is C10H16N2O3. The van der Waals surface area contributed by atoms with E-state index in [4.69, 9.17) is 5.11 Å². The van der Waals surface area contributed by atoms with E-state index in [0.717, 1.165) is 0 Å². The summed E-state index contributed by atoms with van der Waals surface area (Å²) in [5, 5.41) is 9.08. The summed E-state index contributed by atoms with van der Waals surface area (Å²) >= 11 is 0. The summed E-state index contributed by atoms with van der Waals surface area (Å²) in [7, 11) is 0. The predicted molar refractivity (Wildman–Crippen MR) is 56.0 cm³/mol. The van der Waals surface area contributed by atoms with Crippen LogP contribution in [0.1, 0.15) is 31.3 Å². The van der Waals surface area contributed by atoms with Gasteiger partial charge in [-0.2, -0.15) is 0 Å². The fourth-order valence-electron chi connectivity index (χ4n) is 1.67. The minimum Gasteiger partial charge on any atom is -0.480 e. The third-order valence-electron chi connectivity index (χ3n) is 2.58. The van der Waals surface area contributed by atoms with Crippen molar-refractivity contribution in [2.45, 2.75) is 33.7 Å². The Bertz CT molecular complexity index is 428. The fourth-order valence-corrected chi connectivity index (χ4v) is 1.67. The number of hydrogen-bond acceptors (Lipinski definition) is 2. The van der Waals surface area contributed by atoms with Gasteiger partial charge >= 0.3 is 11.7 Å². The van der Waals surface area contributed by atoms with Gasteiger partial charge < -0.3 is 10.1 Å². The smallest absolute Gasteiger partial charge is 0.327 e. The van der Waals surface area contributed by atoms with Crippen LogP contribution >= 0.6 is 0 Å². The van der Waals surface area contributed by atoms with E-state index in [2.05, 4.69) is 4.98 Å². The first-order valence-corrected chi connectivity index (χ1v) is 4.86. The van der Waals surface area contributed by atoms with Crippen molar-refractivity contribution in [1.82, 2.24) is 9.55 Å². The van der Waals surface area contributed by atoms with Gasteiger partial charge in [0.05, 0.1) is 0 Å². The number of aryl methyl sites for hydroxylation is 1. The Morgan fingerprint density at radius 2 is 1.93 bits per heavy atom. The maximum absolute atomic E-state index is 11.6. The van der Waals surface area contributed by atoms with Crippen LogP contribution in [0, 0.1) is 19.8 Å². The summed E-state index contributed by atoms with van der Waals surface area (Å²) in [5.74, 6) is -1.11. The summed E-state index contributed by atoms with van der Waals surface area (Å²) in [6.07, 6.45) is 0. The van der Waals surface area contributed by atoms with Crippen molar-refractivity contribution < 1.29 is 9.90 Å². The molecule has 0 spiro atoms. The number of nitrogens with one attached hydrogen (secondary N) is 1. The van der Waals surface area contributed by atoms with Gasteiger partial charge in [-0.05, 0) is 19.8 Å². The van der Waals surface area contributed by atoms with E-state index < -0.39 is 12.0 Å². The largest absolute Gasteiger partial charge is 0.480 e. The van der Waals surface area contributed by atoms with Crippen LogP contribution in [0.25, 0.3) is 0 Å². The number of imidazole rings is 1. The van der Waals surface area contributed by atoms with Crippen molar-refractivity contribution >= 4 is 5.97 Å². The molecule has 15 heavy (non-hydrogen) atoms. The molecule has 0 aromatic carbocycles. The Morgan fingerprint density at radius 3 is 2.20 bits per heavy atom. The Hall–Kier alpha value is -1.52. The normalized spacial score (nSPS) is 13.1. The lowest BCUT2D eigenvalue weighted by Crippen LogP contribution is -2.32. The first-order valence-electron chi connectivity index (χ1n) is 4.86. The van der Waals surface area contributed by atoms with Crippen LogP contribution in [-0.4, -0.2) is 20.6 Å². The molecular weight excluding hydrogens is 196 g/mol. The topological polar surface area (TPSA) is 75.1 Å². The molecule has 0 fully saturated rings. The molecule has 0 saturated heterocycles. The van der Waals surface area contributed by atoms with E-state index in [1.54, 1.807) is 27.7 Å². The summed E-state index contributed by atoms with van der Waals surface area (Å²) in [4.78, 5) is 25.2. The molecule has 0 saturated carbocycles. The molecule has 0 amide bonds. The molecule has 5 heteroatoms. The molecule has 0 aliphatic carbocycles. The first kappa shape index (κ1) is 11.6. The highest BCUT2D eigenvalue weighted by molar-refractivity contribution is 5.72. The Morgan fingerprint density at radius 1 is 1.40 bits per heavy atom. The minimum atomic E-state index is -0.978. The van der Waals surface area contributed by atoms with Crippen LogP contribution in [0.15, 0.2) is 4.79 Å². The molecule has 5 nitrogen and oxygen atoms in total. The molecule has 0 aliphatic rings. The highest BCUT2D eigenvalue weighted by atomic mass is 16.4. The van der Waals surface area contributed by atoms with Gasteiger partial charge in [0.25, 0.3) is 0 Å². The molecule has 1 aromatic heterocycles. The van der Waals surface area contributed by atoms with Gasteiger partial charge in [-0.1, -0.05) is 13.8 Å². The Balaban J connectivity index is 3.35.